The highest BCUT2D eigenvalue weighted by atomic mass is 127. The number of guanidine groups is 1. The maximum absolute atomic E-state index is 5.54. The van der Waals surface area contributed by atoms with E-state index in [9.17, 15) is 0 Å². The zero-order valence-electron chi connectivity index (χ0n) is 16.5. The third-order valence-electron chi connectivity index (χ3n) is 4.68. The molecular weight excluding hydrogens is 483 g/mol. The molecule has 7 heteroatoms. The number of nitrogens with zero attached hydrogens (tertiary/aromatic N) is 2. The van der Waals surface area contributed by atoms with E-state index in [0.29, 0.717) is 0 Å². The van der Waals surface area contributed by atoms with Crippen LogP contribution < -0.4 is 10.6 Å². The Balaban J connectivity index is 0.00000280. The van der Waals surface area contributed by atoms with Gasteiger partial charge in [0.25, 0.3) is 0 Å². The Labute approximate surface area is 189 Å². The maximum atomic E-state index is 5.54. The van der Waals surface area contributed by atoms with Gasteiger partial charge in [-0.3, -0.25) is 9.89 Å². The summed E-state index contributed by atoms with van der Waals surface area (Å²) in [5.74, 6) is 0.892. The van der Waals surface area contributed by atoms with E-state index in [1.807, 2.05) is 0 Å². The van der Waals surface area contributed by atoms with Crippen molar-refractivity contribution in [2.24, 2.45) is 4.99 Å². The summed E-state index contributed by atoms with van der Waals surface area (Å²) in [4.78, 5) is 8.78. The summed E-state index contributed by atoms with van der Waals surface area (Å²) in [5.41, 5.74) is 1.32. The second kappa shape index (κ2) is 13.1. The number of benzene rings is 1. The standard InChI is InChI=1S/C21H30N4OS.HI/c1-2-22-21(23-11-10-19-9-6-16-27-19)24-17-20(18-7-4-3-5-8-18)25-12-14-26-15-13-25;/h3-9,16,20H,2,10-15,17H2,1H3,(H2,22,23,24);1H. The first-order valence-corrected chi connectivity index (χ1v) is 10.7. The Morgan fingerprint density at radius 2 is 1.93 bits per heavy atom. The van der Waals surface area contributed by atoms with Crippen molar-refractivity contribution < 1.29 is 4.74 Å². The highest BCUT2D eigenvalue weighted by molar-refractivity contribution is 14.0. The van der Waals surface area contributed by atoms with E-state index in [2.05, 4.69) is 70.3 Å². The highest BCUT2D eigenvalue weighted by Gasteiger charge is 2.22. The van der Waals surface area contributed by atoms with Gasteiger partial charge in [0.15, 0.2) is 5.96 Å². The van der Waals surface area contributed by atoms with Crippen molar-refractivity contribution in [3.8, 4) is 0 Å². The monoisotopic (exact) mass is 514 g/mol. The average Bonchev–Trinajstić information content (AvgIpc) is 3.23. The fraction of sp³-hybridized carbons (Fsp3) is 0.476. The largest absolute Gasteiger partial charge is 0.379 e. The summed E-state index contributed by atoms with van der Waals surface area (Å²) in [7, 11) is 0. The molecule has 1 aliphatic heterocycles. The lowest BCUT2D eigenvalue weighted by molar-refractivity contribution is 0.0180. The molecule has 1 aromatic carbocycles. The lowest BCUT2D eigenvalue weighted by Crippen LogP contribution is -2.42. The summed E-state index contributed by atoms with van der Waals surface area (Å²) in [6.07, 6.45) is 1.02. The van der Waals surface area contributed by atoms with Crippen LogP contribution in [0.15, 0.2) is 52.8 Å². The molecule has 1 atom stereocenters. The van der Waals surface area contributed by atoms with Crippen LogP contribution in [0.1, 0.15) is 23.4 Å². The van der Waals surface area contributed by atoms with Crippen LogP contribution in [-0.4, -0.2) is 56.8 Å². The van der Waals surface area contributed by atoms with Gasteiger partial charge in [-0.05, 0) is 30.4 Å². The minimum Gasteiger partial charge on any atom is -0.379 e. The van der Waals surface area contributed by atoms with Crippen LogP contribution in [0.25, 0.3) is 0 Å². The Hall–Kier alpha value is -1.16. The Kier molecular flexibility index (Phi) is 10.8. The molecule has 1 fully saturated rings. The first-order chi connectivity index (χ1) is 13.4. The summed E-state index contributed by atoms with van der Waals surface area (Å²) in [6.45, 7) is 8.09. The van der Waals surface area contributed by atoms with Crippen LogP contribution in [0.3, 0.4) is 0 Å². The van der Waals surface area contributed by atoms with E-state index in [4.69, 9.17) is 9.73 Å². The van der Waals surface area contributed by atoms with Crippen LogP contribution in [0.4, 0.5) is 0 Å². The Morgan fingerprint density at radius 3 is 2.61 bits per heavy atom. The third kappa shape index (κ3) is 7.35. The van der Waals surface area contributed by atoms with Crippen LogP contribution in [0, 0.1) is 0 Å². The summed E-state index contributed by atoms with van der Waals surface area (Å²) < 4.78 is 5.54. The van der Waals surface area contributed by atoms with E-state index in [0.717, 1.165) is 58.3 Å². The lowest BCUT2D eigenvalue weighted by Gasteiger charge is -2.34. The SMILES string of the molecule is CCNC(=NCC(c1ccccc1)N1CCOCC1)NCCc1cccs1.I. The predicted molar refractivity (Wildman–Crippen MR) is 129 cm³/mol. The second-order valence-electron chi connectivity index (χ2n) is 6.55. The quantitative estimate of drug-likeness (QED) is 0.322. The molecule has 5 nitrogen and oxygen atoms in total. The van der Waals surface area contributed by atoms with Gasteiger partial charge in [0, 0.05) is 31.1 Å². The van der Waals surface area contributed by atoms with E-state index in [1.54, 1.807) is 11.3 Å². The maximum Gasteiger partial charge on any atom is 0.191 e. The van der Waals surface area contributed by atoms with E-state index >= 15 is 0 Å². The molecule has 0 amide bonds. The molecule has 1 aromatic heterocycles. The number of ether oxygens (including phenoxy) is 1. The molecule has 1 saturated heterocycles. The van der Waals surface area contributed by atoms with Crippen molar-refractivity contribution >= 4 is 41.3 Å². The molecule has 1 aliphatic rings. The summed E-state index contributed by atoms with van der Waals surface area (Å²) in [5, 5.41) is 8.97. The molecular formula is C21H31IN4OS. The van der Waals surface area contributed by atoms with Gasteiger partial charge in [0.2, 0.25) is 0 Å². The molecule has 0 radical (unpaired) electrons. The first-order valence-electron chi connectivity index (χ1n) is 9.78. The van der Waals surface area contributed by atoms with Gasteiger partial charge >= 0.3 is 0 Å². The van der Waals surface area contributed by atoms with Crippen LogP contribution in [0.2, 0.25) is 0 Å². The number of nitrogens with one attached hydrogen (secondary N) is 2. The zero-order valence-corrected chi connectivity index (χ0v) is 19.6. The molecule has 28 heavy (non-hydrogen) atoms. The van der Waals surface area contributed by atoms with Crippen molar-refractivity contribution in [2.75, 3.05) is 45.9 Å². The Bertz CT molecular complexity index is 675. The van der Waals surface area contributed by atoms with E-state index in [1.165, 1.54) is 10.4 Å². The molecule has 3 rings (SSSR count). The highest BCUT2D eigenvalue weighted by Crippen LogP contribution is 2.22. The van der Waals surface area contributed by atoms with E-state index < -0.39 is 0 Å². The van der Waals surface area contributed by atoms with Crippen molar-refractivity contribution in [3.05, 3.63) is 58.3 Å². The molecule has 2 N–H and O–H groups in total. The Morgan fingerprint density at radius 1 is 1.14 bits per heavy atom. The normalized spacial score (nSPS) is 16.2. The number of halogens is 1. The molecule has 0 bridgehead atoms. The molecule has 0 aliphatic carbocycles. The van der Waals surface area contributed by atoms with Crippen molar-refractivity contribution in [2.45, 2.75) is 19.4 Å². The smallest absolute Gasteiger partial charge is 0.191 e. The van der Waals surface area contributed by atoms with Gasteiger partial charge < -0.3 is 15.4 Å². The van der Waals surface area contributed by atoms with Gasteiger partial charge in [0.05, 0.1) is 25.8 Å². The van der Waals surface area contributed by atoms with Gasteiger partial charge in [-0.2, -0.15) is 0 Å². The van der Waals surface area contributed by atoms with Crippen LogP contribution >= 0.6 is 35.3 Å². The number of hydrogen-bond acceptors (Lipinski definition) is 4. The topological polar surface area (TPSA) is 48.9 Å². The molecule has 2 heterocycles. The van der Waals surface area contributed by atoms with Gasteiger partial charge in [-0.15, -0.1) is 35.3 Å². The minimum atomic E-state index is 0. The fourth-order valence-corrected chi connectivity index (χ4v) is 3.98. The fourth-order valence-electron chi connectivity index (χ4n) is 3.27. The van der Waals surface area contributed by atoms with Crippen LogP contribution in [-0.2, 0) is 11.2 Å². The zero-order chi connectivity index (χ0) is 18.7. The van der Waals surface area contributed by atoms with Crippen LogP contribution in [0.5, 0.6) is 0 Å². The number of morpholine rings is 1. The third-order valence-corrected chi connectivity index (χ3v) is 5.62. The number of hydrogen-bond donors (Lipinski definition) is 2. The van der Waals surface area contributed by atoms with Crippen molar-refractivity contribution in [3.63, 3.8) is 0 Å². The predicted octanol–water partition coefficient (Wildman–Crippen LogP) is 3.54. The van der Waals surface area contributed by atoms with Gasteiger partial charge in [0.1, 0.15) is 0 Å². The molecule has 2 aromatic rings. The summed E-state index contributed by atoms with van der Waals surface area (Å²) in [6, 6.07) is 15.3. The second-order valence-corrected chi connectivity index (χ2v) is 7.58. The number of rotatable bonds is 8. The minimum absolute atomic E-state index is 0. The number of thiophene rings is 1. The lowest BCUT2D eigenvalue weighted by atomic mass is 10.1. The summed E-state index contributed by atoms with van der Waals surface area (Å²) >= 11 is 1.80. The first kappa shape index (κ1) is 23.1. The molecule has 1 unspecified atom stereocenters. The number of aliphatic imine (C=N–C) groups is 1. The van der Waals surface area contributed by atoms with Crippen molar-refractivity contribution in [1.29, 1.82) is 0 Å². The van der Waals surface area contributed by atoms with Gasteiger partial charge in [-0.1, -0.05) is 36.4 Å². The van der Waals surface area contributed by atoms with Crippen molar-refractivity contribution in [1.82, 2.24) is 15.5 Å². The van der Waals surface area contributed by atoms with Gasteiger partial charge in [-0.25, -0.2) is 0 Å². The van der Waals surface area contributed by atoms with E-state index in [-0.39, 0.29) is 30.0 Å². The molecule has 154 valence electrons. The average molecular weight is 514 g/mol. The molecule has 0 spiro atoms. The molecule has 0 saturated carbocycles.